The average molecular weight is 770 g/mol. The number of aryl methyl sites for hydroxylation is 2. The quantitative estimate of drug-likeness (QED) is 0.177. The number of rotatable bonds is 4. The van der Waals surface area contributed by atoms with Gasteiger partial charge in [-0.3, -0.25) is 0 Å². The van der Waals surface area contributed by atoms with Crippen LogP contribution in [0.15, 0.2) is 188 Å². The number of aromatic nitrogens is 1. The van der Waals surface area contributed by atoms with Crippen LogP contribution in [0.4, 0.5) is 34.1 Å². The van der Waals surface area contributed by atoms with Crippen LogP contribution in [0.1, 0.15) is 36.1 Å². The van der Waals surface area contributed by atoms with Crippen molar-refractivity contribution in [2.24, 2.45) is 0 Å². The van der Waals surface area contributed by atoms with Crippen LogP contribution in [-0.2, 0) is 5.41 Å². The maximum atomic E-state index is 2.48. The first-order valence-corrected chi connectivity index (χ1v) is 21.0. The van der Waals surface area contributed by atoms with Gasteiger partial charge in [0.15, 0.2) is 0 Å². The lowest BCUT2D eigenvalue weighted by molar-refractivity contribution is 0.660. The first kappa shape index (κ1) is 34.7. The Morgan fingerprint density at radius 2 is 0.967 bits per heavy atom. The van der Waals surface area contributed by atoms with Gasteiger partial charge in [0.25, 0.3) is 0 Å². The van der Waals surface area contributed by atoms with E-state index in [0.29, 0.717) is 0 Å². The highest BCUT2D eigenvalue weighted by molar-refractivity contribution is 6.11. The van der Waals surface area contributed by atoms with Crippen LogP contribution in [0, 0.1) is 13.8 Å². The molecule has 0 unspecified atom stereocenters. The molecule has 0 saturated heterocycles. The number of hydrogen-bond donors (Lipinski definition) is 0. The monoisotopic (exact) mass is 769 g/mol. The molecular formula is C57H43N3. The molecule has 12 rings (SSSR count). The summed E-state index contributed by atoms with van der Waals surface area (Å²) < 4.78 is 2.39. The van der Waals surface area contributed by atoms with E-state index in [1.807, 2.05) is 0 Å². The molecule has 1 aliphatic heterocycles. The fourth-order valence-corrected chi connectivity index (χ4v) is 10.3. The molecular weight excluding hydrogens is 727 g/mol. The highest BCUT2D eigenvalue weighted by Crippen LogP contribution is 2.57. The van der Waals surface area contributed by atoms with E-state index in [2.05, 4.69) is 230 Å². The third-order valence-electron chi connectivity index (χ3n) is 13.2. The zero-order valence-corrected chi connectivity index (χ0v) is 34.2. The van der Waals surface area contributed by atoms with Gasteiger partial charge < -0.3 is 14.4 Å². The maximum Gasteiger partial charge on any atom is 0.0706 e. The summed E-state index contributed by atoms with van der Waals surface area (Å²) >= 11 is 0. The van der Waals surface area contributed by atoms with Crippen LogP contribution in [-0.4, -0.2) is 4.57 Å². The van der Waals surface area contributed by atoms with Crippen LogP contribution in [0.5, 0.6) is 0 Å². The van der Waals surface area contributed by atoms with Crippen molar-refractivity contribution in [3.63, 3.8) is 0 Å². The van der Waals surface area contributed by atoms with Crippen molar-refractivity contribution in [2.45, 2.75) is 33.1 Å². The Hall–Kier alpha value is -7.36. The second-order valence-corrected chi connectivity index (χ2v) is 17.2. The first-order valence-electron chi connectivity index (χ1n) is 21.0. The topological polar surface area (TPSA) is 11.4 Å². The summed E-state index contributed by atoms with van der Waals surface area (Å²) in [5, 5.41) is 5.02. The van der Waals surface area contributed by atoms with Crippen molar-refractivity contribution in [1.82, 2.24) is 4.57 Å². The van der Waals surface area contributed by atoms with Gasteiger partial charge in [-0.2, -0.15) is 0 Å². The number of nitrogens with zero attached hydrogens (tertiary/aromatic N) is 3. The van der Waals surface area contributed by atoms with Crippen LogP contribution in [0.25, 0.3) is 60.5 Å². The van der Waals surface area contributed by atoms with E-state index in [1.165, 1.54) is 117 Å². The van der Waals surface area contributed by atoms with Gasteiger partial charge in [0.1, 0.15) is 0 Å². The predicted molar refractivity (Wildman–Crippen MR) is 254 cm³/mol. The molecule has 0 radical (unpaired) electrons. The first-order chi connectivity index (χ1) is 29.3. The van der Waals surface area contributed by atoms with E-state index in [0.717, 1.165) is 0 Å². The standard InChI is InChI=1S/C57H43N3/c1-36-21-28-53-55(31-36)60(50-20-12-14-38-13-8-9-17-43(38)50)56-32-37(2)22-29-54(56)59(53)42-25-27-45-44-26-23-40(34-48(44)57(3,4)49(45)35-42)39-24-30-52-47(33-39)46-18-10-11-19-51(46)58(52)41-15-6-5-7-16-41/h5-35H,1-4H3. The normalized spacial score (nSPS) is 13.7. The molecule has 1 aromatic heterocycles. The van der Waals surface area contributed by atoms with E-state index >= 15 is 0 Å². The number of benzene rings is 9. The van der Waals surface area contributed by atoms with Crippen molar-refractivity contribution in [3.8, 4) is 27.9 Å². The van der Waals surface area contributed by atoms with Crippen molar-refractivity contribution < 1.29 is 0 Å². The Labute approximate surface area is 351 Å². The summed E-state index contributed by atoms with van der Waals surface area (Å²) in [7, 11) is 0. The SMILES string of the molecule is Cc1ccc2c(c1)N(c1cccc3ccccc13)c1cc(C)ccc1N2c1ccc2c(c1)C(C)(C)c1cc(-c3ccc4c(c3)c3ccccc3n4-c3ccccc3)ccc1-2. The van der Waals surface area contributed by atoms with Gasteiger partial charge in [-0.05, 0) is 143 Å². The van der Waals surface area contributed by atoms with Crippen molar-refractivity contribution in [1.29, 1.82) is 0 Å². The smallest absolute Gasteiger partial charge is 0.0706 e. The summed E-state index contributed by atoms with van der Waals surface area (Å²) in [6, 6.07) is 69.9. The number of anilines is 6. The van der Waals surface area contributed by atoms with Gasteiger partial charge in [-0.15, -0.1) is 0 Å². The summed E-state index contributed by atoms with van der Waals surface area (Å²) in [4.78, 5) is 4.96. The highest BCUT2D eigenvalue weighted by atomic mass is 15.3. The zero-order chi connectivity index (χ0) is 40.3. The van der Waals surface area contributed by atoms with Crippen LogP contribution >= 0.6 is 0 Å². The zero-order valence-electron chi connectivity index (χ0n) is 34.2. The lowest BCUT2D eigenvalue weighted by atomic mass is 9.81. The molecule has 0 spiro atoms. The van der Waals surface area contributed by atoms with Gasteiger partial charge in [0.05, 0.1) is 39.5 Å². The van der Waals surface area contributed by atoms with Crippen molar-refractivity contribution >= 4 is 66.7 Å². The molecule has 3 nitrogen and oxygen atoms in total. The van der Waals surface area contributed by atoms with E-state index in [9.17, 15) is 0 Å². The van der Waals surface area contributed by atoms with E-state index in [4.69, 9.17) is 0 Å². The highest BCUT2D eigenvalue weighted by Gasteiger charge is 2.38. The minimum absolute atomic E-state index is 0.207. The molecule has 60 heavy (non-hydrogen) atoms. The molecule has 0 bridgehead atoms. The third-order valence-corrected chi connectivity index (χ3v) is 13.2. The molecule has 1 aliphatic carbocycles. The fourth-order valence-electron chi connectivity index (χ4n) is 10.3. The van der Waals surface area contributed by atoms with Gasteiger partial charge >= 0.3 is 0 Å². The molecule has 2 heterocycles. The molecule has 286 valence electrons. The minimum Gasteiger partial charge on any atom is -0.309 e. The van der Waals surface area contributed by atoms with Crippen LogP contribution in [0.2, 0.25) is 0 Å². The number of fused-ring (bicyclic) bond motifs is 9. The van der Waals surface area contributed by atoms with E-state index in [1.54, 1.807) is 0 Å². The van der Waals surface area contributed by atoms with Crippen molar-refractivity contribution in [2.75, 3.05) is 9.80 Å². The van der Waals surface area contributed by atoms with E-state index < -0.39 is 0 Å². The van der Waals surface area contributed by atoms with Gasteiger partial charge in [0.2, 0.25) is 0 Å². The molecule has 3 heteroatoms. The van der Waals surface area contributed by atoms with Crippen LogP contribution < -0.4 is 9.80 Å². The molecule has 0 saturated carbocycles. The lowest BCUT2D eigenvalue weighted by Crippen LogP contribution is -2.25. The number of para-hydroxylation sites is 2. The Morgan fingerprint density at radius 3 is 1.73 bits per heavy atom. The molecule has 0 atom stereocenters. The Balaban J connectivity index is 0.971. The molecule has 0 fully saturated rings. The largest absolute Gasteiger partial charge is 0.309 e. The number of hydrogen-bond acceptors (Lipinski definition) is 2. The lowest BCUT2D eigenvalue weighted by Gasteiger charge is -2.41. The van der Waals surface area contributed by atoms with Gasteiger partial charge in [-0.1, -0.05) is 123 Å². The third kappa shape index (κ3) is 5.02. The Kier molecular flexibility index (Phi) is 7.40. The molecule has 10 aromatic rings. The summed E-state index contributed by atoms with van der Waals surface area (Å²) in [6.07, 6.45) is 0. The molecule has 0 N–H and O–H groups in total. The minimum atomic E-state index is -0.207. The molecule has 0 amide bonds. The summed E-state index contributed by atoms with van der Waals surface area (Å²) in [6.45, 7) is 9.19. The fraction of sp³-hybridized carbons (Fsp3) is 0.0877. The Morgan fingerprint density at radius 1 is 0.367 bits per heavy atom. The van der Waals surface area contributed by atoms with Crippen LogP contribution in [0.3, 0.4) is 0 Å². The average Bonchev–Trinajstić information content (AvgIpc) is 3.73. The second kappa shape index (κ2) is 12.8. The summed E-state index contributed by atoms with van der Waals surface area (Å²) in [5.74, 6) is 0. The Bertz CT molecular complexity index is 3330. The van der Waals surface area contributed by atoms with Crippen molar-refractivity contribution in [3.05, 3.63) is 210 Å². The summed E-state index contributed by atoms with van der Waals surface area (Å²) in [5.41, 5.74) is 20.8. The molecule has 9 aromatic carbocycles. The predicted octanol–water partition coefficient (Wildman–Crippen LogP) is 15.8. The molecule has 2 aliphatic rings. The maximum absolute atomic E-state index is 2.48. The second-order valence-electron chi connectivity index (χ2n) is 17.2. The van der Waals surface area contributed by atoms with Gasteiger partial charge in [0, 0.05) is 32.9 Å². The van der Waals surface area contributed by atoms with Gasteiger partial charge in [-0.25, -0.2) is 0 Å². The van der Waals surface area contributed by atoms with E-state index in [-0.39, 0.29) is 5.41 Å².